The molecule has 3 atom stereocenters. The molecule has 0 radical (unpaired) electrons. The van der Waals surface area contributed by atoms with Crippen molar-refractivity contribution in [1.29, 1.82) is 5.41 Å². The van der Waals surface area contributed by atoms with Crippen molar-refractivity contribution in [1.82, 2.24) is 15.1 Å². The summed E-state index contributed by atoms with van der Waals surface area (Å²) in [6, 6.07) is -0.311. The van der Waals surface area contributed by atoms with Crippen molar-refractivity contribution in [3.05, 3.63) is 47.8 Å². The van der Waals surface area contributed by atoms with Crippen LogP contribution in [0, 0.1) is 11.3 Å². The normalized spacial score (nSPS) is 24.4. The number of alkyl halides is 3. The zero-order valence-electron chi connectivity index (χ0n) is 20.8. The van der Waals surface area contributed by atoms with Gasteiger partial charge in [-0.25, -0.2) is 0 Å². The Bertz CT molecular complexity index is 989. The summed E-state index contributed by atoms with van der Waals surface area (Å²) in [5.41, 5.74) is 5.84. The molecule has 0 bridgehead atoms. The van der Waals surface area contributed by atoms with E-state index in [0.29, 0.717) is 23.7 Å². The molecule has 2 aliphatic heterocycles. The van der Waals surface area contributed by atoms with E-state index in [-0.39, 0.29) is 37.1 Å². The molecular formula is C24H34F3N9. The number of nitrogens with two attached hydrogens (primary N) is 1. The van der Waals surface area contributed by atoms with E-state index >= 15 is 0 Å². The molecule has 0 saturated carbocycles. The van der Waals surface area contributed by atoms with Crippen LogP contribution in [0.5, 0.6) is 0 Å². The lowest BCUT2D eigenvalue weighted by molar-refractivity contribution is -0.0935. The van der Waals surface area contributed by atoms with Gasteiger partial charge in [0.1, 0.15) is 5.84 Å². The smallest absolute Gasteiger partial charge is 0.404 e. The van der Waals surface area contributed by atoms with Gasteiger partial charge in [0.05, 0.1) is 24.8 Å². The Kier molecular flexibility index (Phi) is 10.3. The van der Waals surface area contributed by atoms with Crippen LogP contribution < -0.4 is 11.1 Å². The third kappa shape index (κ3) is 7.23. The molecule has 2 heterocycles. The molecule has 0 aromatic rings. The maximum atomic E-state index is 13.2. The molecule has 12 heteroatoms. The number of piperazine rings is 1. The maximum Gasteiger partial charge on any atom is 0.434 e. The van der Waals surface area contributed by atoms with Crippen molar-refractivity contribution in [2.75, 3.05) is 19.6 Å². The van der Waals surface area contributed by atoms with Crippen LogP contribution in [0.25, 0.3) is 0 Å². The summed E-state index contributed by atoms with van der Waals surface area (Å²) in [7, 11) is 0. The molecule has 2 aliphatic rings. The van der Waals surface area contributed by atoms with Crippen molar-refractivity contribution in [3.8, 4) is 0 Å². The van der Waals surface area contributed by atoms with Gasteiger partial charge in [-0.3, -0.25) is 20.0 Å². The lowest BCUT2D eigenvalue weighted by Gasteiger charge is -2.46. The number of allylic oxidation sites excluding steroid dienone is 1. The summed E-state index contributed by atoms with van der Waals surface area (Å²) in [4.78, 5) is 19.2. The van der Waals surface area contributed by atoms with Crippen molar-refractivity contribution < 1.29 is 13.2 Å². The van der Waals surface area contributed by atoms with Gasteiger partial charge in [0.2, 0.25) is 0 Å². The first kappa shape index (κ1) is 28.7. The molecule has 3 unspecified atom stereocenters. The van der Waals surface area contributed by atoms with E-state index in [9.17, 15) is 13.2 Å². The number of nitrogens with zero attached hydrogens (tertiary/aromatic N) is 6. The van der Waals surface area contributed by atoms with Crippen LogP contribution in [0.1, 0.15) is 20.8 Å². The summed E-state index contributed by atoms with van der Waals surface area (Å²) >= 11 is 0. The molecule has 9 nitrogen and oxygen atoms in total. The van der Waals surface area contributed by atoms with Gasteiger partial charge >= 0.3 is 6.18 Å². The Morgan fingerprint density at radius 2 is 2.08 bits per heavy atom. The van der Waals surface area contributed by atoms with E-state index in [1.807, 2.05) is 6.92 Å². The summed E-state index contributed by atoms with van der Waals surface area (Å²) < 4.78 is 39.6. The number of hydrogen-bond donors (Lipinski definition) is 3. The van der Waals surface area contributed by atoms with Crippen LogP contribution in [-0.4, -0.2) is 85.4 Å². The molecule has 0 amide bonds. The van der Waals surface area contributed by atoms with Crippen LogP contribution in [0.4, 0.5) is 13.2 Å². The summed E-state index contributed by atoms with van der Waals surface area (Å²) in [6.45, 7) is 13.9. The second-order valence-electron chi connectivity index (χ2n) is 8.65. The van der Waals surface area contributed by atoms with Gasteiger partial charge in [-0.2, -0.15) is 13.2 Å². The lowest BCUT2D eigenvalue weighted by atomic mass is 9.91. The van der Waals surface area contributed by atoms with E-state index < -0.39 is 11.9 Å². The van der Waals surface area contributed by atoms with Gasteiger partial charge in [0.25, 0.3) is 0 Å². The summed E-state index contributed by atoms with van der Waals surface area (Å²) in [5.74, 6) is 0.836. The SMILES string of the molecule is C=N/C=C\C(=N/C/C(=C/N=C)N1C=C(C(F)(F)F)N=CC1)N1CC(C(C)C)NC(/C(C=N)=C/N)C1C. The molecule has 1 fully saturated rings. The number of amidine groups is 1. The fraction of sp³-hybridized carbons (Fsp3) is 0.458. The van der Waals surface area contributed by atoms with Crippen molar-refractivity contribution in [2.45, 2.75) is 45.1 Å². The van der Waals surface area contributed by atoms with Crippen molar-refractivity contribution in [2.24, 2.45) is 31.6 Å². The van der Waals surface area contributed by atoms with Crippen LogP contribution >= 0.6 is 0 Å². The predicted octanol–water partition coefficient (Wildman–Crippen LogP) is 3.11. The van der Waals surface area contributed by atoms with Gasteiger partial charge in [0, 0.05) is 61.4 Å². The second kappa shape index (κ2) is 13.0. The van der Waals surface area contributed by atoms with Crippen LogP contribution in [-0.2, 0) is 0 Å². The minimum absolute atomic E-state index is 0.0309. The largest absolute Gasteiger partial charge is 0.434 e. The Hall–Kier alpha value is -3.54. The van der Waals surface area contributed by atoms with E-state index in [2.05, 4.69) is 52.5 Å². The van der Waals surface area contributed by atoms with Gasteiger partial charge in [-0.05, 0) is 32.4 Å². The molecule has 36 heavy (non-hydrogen) atoms. The quantitative estimate of drug-likeness (QED) is 0.330. The number of aliphatic imine (C=N–C) groups is 4. The molecule has 2 rings (SSSR count). The van der Waals surface area contributed by atoms with E-state index in [0.717, 1.165) is 6.20 Å². The highest BCUT2D eigenvalue weighted by atomic mass is 19.4. The highest BCUT2D eigenvalue weighted by Crippen LogP contribution is 2.29. The number of nitrogens with one attached hydrogen (secondary N) is 2. The van der Waals surface area contributed by atoms with Crippen LogP contribution in [0.3, 0.4) is 0 Å². The first-order valence-electron chi connectivity index (χ1n) is 11.4. The average molecular weight is 506 g/mol. The summed E-state index contributed by atoms with van der Waals surface area (Å²) in [6.07, 6.45) is 4.79. The van der Waals surface area contributed by atoms with Gasteiger partial charge in [-0.1, -0.05) is 13.8 Å². The fourth-order valence-electron chi connectivity index (χ4n) is 3.94. The number of hydrogen-bond acceptors (Lipinski definition) is 8. The molecule has 0 aromatic carbocycles. The molecular weight excluding hydrogens is 471 g/mol. The zero-order valence-corrected chi connectivity index (χ0v) is 20.8. The molecule has 0 aliphatic carbocycles. The molecule has 4 N–H and O–H groups in total. The van der Waals surface area contributed by atoms with E-state index in [1.165, 1.54) is 35.9 Å². The predicted molar refractivity (Wildman–Crippen MR) is 141 cm³/mol. The lowest BCUT2D eigenvalue weighted by Crippen LogP contribution is -2.64. The monoisotopic (exact) mass is 505 g/mol. The average Bonchev–Trinajstić information content (AvgIpc) is 2.84. The fourth-order valence-corrected chi connectivity index (χ4v) is 3.94. The van der Waals surface area contributed by atoms with Gasteiger partial charge in [-0.15, -0.1) is 0 Å². The van der Waals surface area contributed by atoms with Gasteiger partial charge in [0.15, 0.2) is 5.70 Å². The van der Waals surface area contributed by atoms with E-state index in [4.69, 9.17) is 16.1 Å². The molecule has 0 aromatic heterocycles. The Morgan fingerprint density at radius 1 is 1.36 bits per heavy atom. The van der Waals surface area contributed by atoms with Crippen LogP contribution in [0.2, 0.25) is 0 Å². The second-order valence-corrected chi connectivity index (χ2v) is 8.65. The van der Waals surface area contributed by atoms with Crippen LogP contribution in [0.15, 0.2) is 67.8 Å². The standard InChI is InChI=1S/C24H34F3N9/c1-16(2)20-14-36(17(3)23(34-20)18(10-28)11-29)22(6-7-30-4)33-13-19(12-31-5)35-9-8-32-21(15-35)24(25,26)27/h6-8,10-12,15-17,20,23,28,34H,4-5,9,13-14,29H2,1-3H3/b7-6-,18-11+,19-12-,28-10?,33-22+. The Labute approximate surface area is 210 Å². The highest BCUT2D eigenvalue weighted by molar-refractivity contribution is 5.93. The number of halogens is 3. The molecule has 1 saturated heterocycles. The Morgan fingerprint density at radius 3 is 2.64 bits per heavy atom. The first-order valence-corrected chi connectivity index (χ1v) is 11.4. The zero-order chi connectivity index (χ0) is 26.9. The summed E-state index contributed by atoms with van der Waals surface area (Å²) in [5, 5.41) is 11.3. The molecule has 0 spiro atoms. The third-order valence-corrected chi connectivity index (χ3v) is 6.00. The van der Waals surface area contributed by atoms with Crippen molar-refractivity contribution in [3.63, 3.8) is 0 Å². The minimum atomic E-state index is -4.57. The van der Waals surface area contributed by atoms with Gasteiger partial charge < -0.3 is 26.3 Å². The Balaban J connectivity index is 2.45. The maximum absolute atomic E-state index is 13.2. The van der Waals surface area contributed by atoms with E-state index in [1.54, 1.807) is 6.08 Å². The minimum Gasteiger partial charge on any atom is -0.404 e. The topological polar surface area (TPSA) is 118 Å². The highest BCUT2D eigenvalue weighted by Gasteiger charge is 2.37. The number of rotatable bonds is 9. The molecule has 196 valence electrons. The van der Waals surface area contributed by atoms with Crippen molar-refractivity contribution >= 4 is 31.7 Å². The first-order chi connectivity index (χ1) is 17.1. The third-order valence-electron chi connectivity index (χ3n) is 6.00.